The first-order valence-electron chi connectivity index (χ1n) is 5.19. The van der Waals surface area contributed by atoms with E-state index in [1.165, 1.54) is 19.2 Å². The lowest BCUT2D eigenvalue weighted by atomic mass is 10.2. The molecule has 0 fully saturated rings. The first-order valence-corrected chi connectivity index (χ1v) is 5.19. The van der Waals surface area contributed by atoms with Crippen LogP contribution < -0.4 is 10.5 Å². The number of hydrogen-bond acceptors (Lipinski definition) is 5. The number of pyridine rings is 1. The zero-order valence-corrected chi connectivity index (χ0v) is 10.1. The molecule has 5 nitrogen and oxygen atoms in total. The molecule has 0 amide bonds. The van der Waals surface area contributed by atoms with Crippen LogP contribution in [0.5, 0.6) is 5.88 Å². The number of aromatic nitrogens is 1. The van der Waals surface area contributed by atoms with E-state index in [4.69, 9.17) is 10.5 Å². The van der Waals surface area contributed by atoms with Gasteiger partial charge < -0.3 is 15.2 Å². The molecule has 100 valence electrons. The average Bonchev–Trinajstić information content (AvgIpc) is 2.26. The number of nitrogens with two attached hydrogens (primary N) is 1. The highest BCUT2D eigenvalue weighted by atomic mass is 19.3. The van der Waals surface area contributed by atoms with Crippen LogP contribution in [0.2, 0.25) is 0 Å². The highest BCUT2D eigenvalue weighted by molar-refractivity contribution is 5.94. The van der Waals surface area contributed by atoms with Crippen LogP contribution in [0.1, 0.15) is 23.7 Å². The number of hydrogen-bond donors (Lipinski definition) is 1. The summed E-state index contributed by atoms with van der Waals surface area (Å²) in [5.41, 5.74) is 5.62. The molecule has 1 heterocycles. The van der Waals surface area contributed by atoms with Gasteiger partial charge in [-0.05, 0) is 13.0 Å². The predicted octanol–water partition coefficient (Wildman–Crippen LogP) is 1.87. The Morgan fingerprint density at radius 3 is 2.67 bits per heavy atom. The van der Waals surface area contributed by atoms with Gasteiger partial charge in [-0.3, -0.25) is 0 Å². The molecule has 2 N–H and O–H groups in total. The van der Waals surface area contributed by atoms with E-state index in [0.717, 1.165) is 6.92 Å². The van der Waals surface area contributed by atoms with Crippen molar-refractivity contribution in [2.75, 3.05) is 19.5 Å². The van der Waals surface area contributed by atoms with Crippen LogP contribution in [0, 0.1) is 0 Å². The van der Waals surface area contributed by atoms with Gasteiger partial charge in [0.2, 0.25) is 11.8 Å². The van der Waals surface area contributed by atoms with Gasteiger partial charge in [0.05, 0.1) is 13.7 Å². The van der Waals surface area contributed by atoms with Crippen molar-refractivity contribution >= 4 is 11.8 Å². The quantitative estimate of drug-likeness (QED) is 0.818. The fraction of sp³-hybridized carbons (Fsp3) is 0.455. The Kier molecular flexibility index (Phi) is 4.41. The van der Waals surface area contributed by atoms with Crippen molar-refractivity contribution in [3.8, 4) is 5.88 Å². The molecule has 1 rings (SSSR count). The molecule has 7 heteroatoms. The number of nitrogens with zero attached hydrogens (tertiary/aromatic N) is 1. The molecule has 0 bridgehead atoms. The molecule has 1 aromatic heterocycles. The summed E-state index contributed by atoms with van der Waals surface area (Å²) >= 11 is 0. The molecule has 0 aliphatic carbocycles. The van der Waals surface area contributed by atoms with E-state index in [2.05, 4.69) is 9.72 Å². The molecule has 0 aromatic carbocycles. The normalized spacial score (nSPS) is 11.1. The number of anilines is 1. The average molecular weight is 260 g/mol. The number of carbonyl (C=O) groups excluding carboxylic acids is 1. The third kappa shape index (κ3) is 4.15. The monoisotopic (exact) mass is 260 g/mol. The Bertz CT molecular complexity index is 433. The number of ether oxygens (including phenoxy) is 2. The second-order valence-corrected chi connectivity index (χ2v) is 3.74. The minimum atomic E-state index is -2.79. The number of esters is 1. The van der Waals surface area contributed by atoms with Gasteiger partial charge in [-0.15, -0.1) is 0 Å². The molecule has 0 saturated carbocycles. The Balaban J connectivity index is 2.65. The second kappa shape index (κ2) is 5.61. The minimum absolute atomic E-state index is 0.0670. The molecule has 0 aliphatic heterocycles. The third-order valence-electron chi connectivity index (χ3n) is 2.10. The van der Waals surface area contributed by atoms with Crippen LogP contribution >= 0.6 is 0 Å². The zero-order chi connectivity index (χ0) is 13.8. The molecule has 0 radical (unpaired) electrons. The summed E-state index contributed by atoms with van der Waals surface area (Å²) in [6.45, 7) is 0.617. The molecule has 1 aromatic rings. The Morgan fingerprint density at radius 2 is 2.17 bits per heavy atom. The number of rotatable bonds is 5. The lowest BCUT2D eigenvalue weighted by Gasteiger charge is -2.11. The lowest BCUT2D eigenvalue weighted by molar-refractivity contribution is 0.000451. The van der Waals surface area contributed by atoms with Gasteiger partial charge in [-0.25, -0.2) is 13.6 Å². The maximum atomic E-state index is 12.5. The number of nitrogen functional groups attached to an aromatic ring is 1. The van der Waals surface area contributed by atoms with Crippen molar-refractivity contribution in [2.24, 2.45) is 0 Å². The molecule has 0 spiro atoms. The first-order chi connectivity index (χ1) is 8.33. The lowest BCUT2D eigenvalue weighted by Crippen LogP contribution is -2.15. The number of halogens is 2. The van der Waals surface area contributed by atoms with E-state index in [1.807, 2.05) is 0 Å². The van der Waals surface area contributed by atoms with Gasteiger partial charge in [-0.1, -0.05) is 0 Å². The van der Waals surface area contributed by atoms with Crippen LogP contribution in [-0.4, -0.2) is 30.6 Å². The van der Waals surface area contributed by atoms with E-state index < -0.39 is 18.3 Å². The van der Waals surface area contributed by atoms with Crippen LogP contribution in [-0.2, 0) is 4.74 Å². The van der Waals surface area contributed by atoms with Gasteiger partial charge in [-0.2, -0.15) is 4.98 Å². The zero-order valence-electron chi connectivity index (χ0n) is 10.1. The summed E-state index contributed by atoms with van der Waals surface area (Å²) in [5, 5.41) is 0. The van der Waals surface area contributed by atoms with Gasteiger partial charge in [0.1, 0.15) is 11.4 Å². The van der Waals surface area contributed by atoms with E-state index in [-0.39, 0.29) is 23.9 Å². The van der Waals surface area contributed by atoms with Crippen LogP contribution in [0.3, 0.4) is 0 Å². The molecule has 0 aliphatic rings. The molecular formula is C11H14F2N2O3. The predicted molar refractivity (Wildman–Crippen MR) is 60.7 cm³/mol. The van der Waals surface area contributed by atoms with Crippen LogP contribution in [0.15, 0.2) is 12.1 Å². The summed E-state index contributed by atoms with van der Waals surface area (Å²) in [6.07, 6.45) is -0.423. The van der Waals surface area contributed by atoms with Gasteiger partial charge in [0, 0.05) is 12.5 Å². The fourth-order valence-electron chi connectivity index (χ4n) is 1.15. The fourth-order valence-corrected chi connectivity index (χ4v) is 1.15. The summed E-state index contributed by atoms with van der Waals surface area (Å²) < 4.78 is 34.6. The highest BCUT2D eigenvalue weighted by Crippen LogP contribution is 2.19. The smallest absolute Gasteiger partial charge is 0.341 e. The Hall–Kier alpha value is -1.92. The Morgan fingerprint density at radius 1 is 1.50 bits per heavy atom. The van der Waals surface area contributed by atoms with Gasteiger partial charge in [0.15, 0.2) is 0 Å². The van der Waals surface area contributed by atoms with E-state index in [1.54, 1.807) is 0 Å². The van der Waals surface area contributed by atoms with Crippen LogP contribution in [0.25, 0.3) is 0 Å². The topological polar surface area (TPSA) is 74.4 Å². The van der Waals surface area contributed by atoms with Crippen molar-refractivity contribution in [1.82, 2.24) is 4.98 Å². The van der Waals surface area contributed by atoms with E-state index in [9.17, 15) is 13.6 Å². The van der Waals surface area contributed by atoms with Crippen molar-refractivity contribution in [3.05, 3.63) is 17.7 Å². The second-order valence-electron chi connectivity index (χ2n) is 3.74. The summed E-state index contributed by atoms with van der Waals surface area (Å²) in [5.74, 6) is -3.39. The minimum Gasteiger partial charge on any atom is -0.477 e. The molecule has 0 unspecified atom stereocenters. The SMILES string of the molecule is COC(=O)c1ccc(OCCC(C)(F)F)nc1N. The van der Waals surface area contributed by atoms with Gasteiger partial charge >= 0.3 is 5.97 Å². The van der Waals surface area contributed by atoms with Crippen LogP contribution in [0.4, 0.5) is 14.6 Å². The maximum absolute atomic E-state index is 12.5. The standard InChI is InChI=1S/C11H14F2N2O3/c1-11(12,13)5-6-18-8-4-3-7(9(14)15-8)10(16)17-2/h3-4H,5-6H2,1-2H3,(H2,14,15). The largest absolute Gasteiger partial charge is 0.477 e. The summed E-state index contributed by atoms with van der Waals surface area (Å²) in [6, 6.07) is 2.74. The number of alkyl halides is 2. The molecular weight excluding hydrogens is 246 g/mol. The highest BCUT2D eigenvalue weighted by Gasteiger charge is 2.21. The molecule has 0 saturated heterocycles. The van der Waals surface area contributed by atoms with E-state index >= 15 is 0 Å². The number of carbonyl (C=O) groups is 1. The third-order valence-corrected chi connectivity index (χ3v) is 2.10. The maximum Gasteiger partial charge on any atom is 0.341 e. The molecule has 0 atom stereocenters. The van der Waals surface area contributed by atoms with Gasteiger partial charge in [0.25, 0.3) is 0 Å². The van der Waals surface area contributed by atoms with Crippen molar-refractivity contribution in [2.45, 2.75) is 19.3 Å². The first kappa shape index (κ1) is 14.1. The van der Waals surface area contributed by atoms with Crippen molar-refractivity contribution < 1.29 is 23.0 Å². The van der Waals surface area contributed by atoms with E-state index in [0.29, 0.717) is 0 Å². The Labute approximate surface area is 103 Å². The van der Waals surface area contributed by atoms with Crippen molar-refractivity contribution in [3.63, 3.8) is 0 Å². The summed E-state index contributed by atoms with van der Waals surface area (Å²) in [4.78, 5) is 15.0. The molecule has 18 heavy (non-hydrogen) atoms. The van der Waals surface area contributed by atoms with Crippen molar-refractivity contribution in [1.29, 1.82) is 0 Å². The summed E-state index contributed by atoms with van der Waals surface area (Å²) in [7, 11) is 1.22. The number of methoxy groups -OCH3 is 1.